The van der Waals surface area contributed by atoms with E-state index < -0.39 is 50.0 Å². The van der Waals surface area contributed by atoms with Gasteiger partial charge in [0.25, 0.3) is 0 Å². The molecule has 0 spiro atoms. The van der Waals surface area contributed by atoms with Gasteiger partial charge < -0.3 is 18.9 Å². The molecule has 0 saturated heterocycles. The van der Waals surface area contributed by atoms with E-state index in [0.29, 0.717) is 26.4 Å². The zero-order valence-electron chi connectivity index (χ0n) is 26.5. The van der Waals surface area contributed by atoms with Crippen LogP contribution in [0.15, 0.2) is 119 Å². The quantitative estimate of drug-likeness (QED) is 0.0483. The molecule has 0 bridgehead atoms. The van der Waals surface area contributed by atoms with Gasteiger partial charge in [-0.2, -0.15) is 39.5 Å². The molecule has 0 atom stereocenters. The third kappa shape index (κ3) is 11.7. The summed E-state index contributed by atoms with van der Waals surface area (Å²) in [5.41, 5.74) is -21.2. The molecule has 0 radical (unpaired) electrons. The number of ether oxygens (including phenoxy) is 4. The second kappa shape index (κ2) is 18.3. The number of benzene rings is 3. The summed E-state index contributed by atoms with van der Waals surface area (Å²) >= 11 is 0. The normalized spacial score (nSPS) is 12.7. The summed E-state index contributed by atoms with van der Waals surface area (Å²) in [6.45, 7) is 8.98. The zero-order chi connectivity index (χ0) is 40.3. The van der Waals surface area contributed by atoms with Crippen molar-refractivity contribution < 1.29 is 83.7 Å². The largest absolute Gasteiger partial charge is 0.498 e. The van der Waals surface area contributed by atoms with Crippen molar-refractivity contribution in [1.82, 2.24) is 0 Å². The van der Waals surface area contributed by atoms with Crippen molar-refractivity contribution in [3.8, 4) is 11.5 Å². The van der Waals surface area contributed by atoms with E-state index in [1.165, 1.54) is 27.2 Å². The molecular weight excluding hydrogens is 820 g/mol. The first-order chi connectivity index (χ1) is 24.4. The van der Waals surface area contributed by atoms with Crippen LogP contribution in [0, 0.1) is 3.91 Å². The third-order valence-electron chi connectivity index (χ3n) is 5.85. The predicted octanol–water partition coefficient (Wildman–Crippen LogP) is 7.10. The number of rotatable bonds is 16. The van der Waals surface area contributed by atoms with E-state index in [2.05, 4.69) is 61.7 Å². The first kappa shape index (κ1) is 45.1. The minimum Gasteiger partial charge on any atom is -0.498 e. The molecule has 3 aromatic rings. The Balaban J connectivity index is 0.000000392. The second-order valence-electron chi connectivity index (χ2n) is 9.43. The fraction of sp³-hybridized carbons (Fsp3) is 0.233. The van der Waals surface area contributed by atoms with Crippen molar-refractivity contribution in [3.63, 3.8) is 0 Å². The molecule has 10 nitrogen and oxygen atoms in total. The molecule has 0 heterocycles. The van der Waals surface area contributed by atoms with Crippen molar-refractivity contribution in [1.29, 1.82) is 0 Å². The van der Waals surface area contributed by atoms with Gasteiger partial charge in [0.2, 0.25) is 0 Å². The summed E-state index contributed by atoms with van der Waals surface area (Å²) in [6.07, 6.45) is 2.84. The highest BCUT2D eigenvalue weighted by Gasteiger charge is 2.63. The molecule has 23 heteroatoms. The highest BCUT2D eigenvalue weighted by molar-refractivity contribution is 8.29. The van der Waals surface area contributed by atoms with Gasteiger partial charge in [0.05, 0.1) is 27.3 Å². The molecule has 0 saturated carbocycles. The van der Waals surface area contributed by atoms with Crippen LogP contribution in [0.1, 0.15) is 0 Å². The third-order valence-corrected chi connectivity index (χ3v) is 15.2. The lowest BCUT2D eigenvalue weighted by Crippen LogP contribution is -2.47. The summed E-state index contributed by atoms with van der Waals surface area (Å²) in [4.78, 5) is 3.69. The number of hydrogen-bond acceptors (Lipinski definition) is 10. The van der Waals surface area contributed by atoms with Gasteiger partial charge >= 0.3 is 16.5 Å². The van der Waals surface area contributed by atoms with Crippen molar-refractivity contribution in [2.24, 2.45) is 0 Å². The van der Waals surface area contributed by atoms with Crippen molar-refractivity contribution in [2.45, 2.75) is 31.2 Å². The summed E-state index contributed by atoms with van der Waals surface area (Å²) in [5, 5.41) is 0. The number of halogens is 9. The van der Waals surface area contributed by atoms with Gasteiger partial charge in [-0.1, -0.05) is 31.4 Å². The van der Waals surface area contributed by atoms with Crippen LogP contribution >= 0.6 is 0 Å². The second-order valence-corrected chi connectivity index (χ2v) is 17.9. The van der Waals surface area contributed by atoms with E-state index in [9.17, 15) is 64.8 Å². The zero-order valence-corrected chi connectivity index (χ0v) is 29.8. The lowest BCUT2D eigenvalue weighted by molar-refractivity contribution is -0.0471. The van der Waals surface area contributed by atoms with Crippen LogP contribution in [0.2, 0.25) is 0 Å². The van der Waals surface area contributed by atoms with Crippen LogP contribution in [0.4, 0.5) is 39.5 Å². The smallest absolute Gasteiger partial charge is 0.470 e. The molecule has 0 fully saturated rings. The predicted molar refractivity (Wildman–Crippen MR) is 173 cm³/mol. The maximum atomic E-state index is 12.0. The minimum atomic E-state index is -8.02. The monoisotopic (exact) mass is 846 g/mol. The van der Waals surface area contributed by atoms with E-state index in [-0.39, 0.29) is 10.9 Å². The molecule has 0 aliphatic heterocycles. The van der Waals surface area contributed by atoms with Gasteiger partial charge in [-0.05, 0) is 60.7 Å². The van der Waals surface area contributed by atoms with E-state index in [0.717, 1.165) is 11.5 Å². The van der Waals surface area contributed by atoms with Crippen LogP contribution in [0.3, 0.4) is 0 Å². The molecule has 3 aromatic carbocycles. The Kier molecular flexibility index (Phi) is 15.6. The topological polar surface area (TPSA) is 139 Å². The molecule has 294 valence electrons. The highest BCUT2D eigenvalue weighted by Crippen LogP contribution is 2.47. The molecule has 0 aliphatic carbocycles. The molecule has 0 aliphatic rings. The fourth-order valence-electron chi connectivity index (χ4n) is 3.61. The van der Waals surface area contributed by atoms with Gasteiger partial charge in [0, 0.05) is 0 Å². The van der Waals surface area contributed by atoms with Gasteiger partial charge in [-0.15, -0.1) is 0 Å². The highest BCUT2D eigenvalue weighted by atomic mass is 32.3. The molecule has 53 heavy (non-hydrogen) atoms. The lowest BCUT2D eigenvalue weighted by Gasteiger charge is -2.31. The molecular formula is C30H27F9O10S4. The summed E-state index contributed by atoms with van der Waals surface area (Å²) in [5.74, 6) is 1.64. The first-order valence-electron chi connectivity index (χ1n) is 13.9. The molecule has 0 unspecified atom stereocenters. The van der Waals surface area contributed by atoms with Gasteiger partial charge in [-0.3, -0.25) is 25.3 Å². The van der Waals surface area contributed by atoms with Gasteiger partial charge in [0.15, 0.2) is 44.2 Å². The Morgan fingerprint density at radius 1 is 0.509 bits per heavy atom. The summed E-state index contributed by atoms with van der Waals surface area (Å²) < 4.78 is 189. The molecule has 0 amide bonds. The molecule has 0 aromatic heterocycles. The van der Waals surface area contributed by atoms with Gasteiger partial charge in [0.1, 0.15) is 37.9 Å². The molecule has 0 N–H and O–H groups in total. The fourth-order valence-corrected chi connectivity index (χ4v) is 11.4. The first-order valence-corrected chi connectivity index (χ1v) is 19.6. The SMILES string of the molecule is C=COCCOc1ccc([S+](c2ccccc2)c2ccc(OCCOC=C)cc2)cc1.O=S(=O)([C-](S(=O)(=O)C(F)(F)F)S(=O)(=O)C(F)(F)F)C(F)(F)F. The van der Waals surface area contributed by atoms with E-state index in [1.807, 2.05) is 30.3 Å². The Hall–Kier alpha value is -4.09. The van der Waals surface area contributed by atoms with Crippen LogP contribution in [-0.4, -0.2) is 68.2 Å². The van der Waals surface area contributed by atoms with E-state index in [1.54, 1.807) is 0 Å². The average molecular weight is 847 g/mol. The van der Waals surface area contributed by atoms with E-state index >= 15 is 0 Å². The van der Waals surface area contributed by atoms with Crippen LogP contribution in [-0.2, 0) is 49.9 Å². The minimum absolute atomic E-state index is 0.236. The van der Waals surface area contributed by atoms with Crippen LogP contribution in [0.25, 0.3) is 0 Å². The maximum Gasteiger partial charge on any atom is 0.470 e. The van der Waals surface area contributed by atoms with Crippen molar-refractivity contribution in [3.05, 3.63) is 108 Å². The molecule has 3 rings (SSSR count). The van der Waals surface area contributed by atoms with Gasteiger partial charge in [-0.25, -0.2) is 0 Å². The number of sulfone groups is 3. The Labute approximate surface area is 300 Å². The van der Waals surface area contributed by atoms with Crippen LogP contribution < -0.4 is 9.47 Å². The Morgan fingerprint density at radius 3 is 1.09 bits per heavy atom. The summed E-state index contributed by atoms with van der Waals surface area (Å²) in [7, 11) is -24.3. The lowest BCUT2D eigenvalue weighted by atomic mass is 10.3. The number of alkyl halides is 9. The average Bonchev–Trinajstić information content (AvgIpc) is 3.05. The Morgan fingerprint density at radius 2 is 0.811 bits per heavy atom. The summed E-state index contributed by atoms with van der Waals surface area (Å²) in [6, 6.07) is 27.0. The van der Waals surface area contributed by atoms with Crippen molar-refractivity contribution >= 4 is 40.4 Å². The maximum absolute atomic E-state index is 12.0. The number of hydrogen-bond donors (Lipinski definition) is 0. The Bertz CT molecular complexity index is 1800. The van der Waals surface area contributed by atoms with E-state index in [4.69, 9.17) is 18.9 Å². The van der Waals surface area contributed by atoms with Crippen LogP contribution in [0.5, 0.6) is 11.5 Å². The standard InChI is InChI=1S/C26H27O4S.C4F9O6S3/c1-3-27-18-20-29-22-10-14-25(15-11-22)31(24-8-6-5-7-9-24)26-16-12-23(13-17-26)30-21-19-28-4-2;5-2(6,7)20(14,15)1(21(16,17)3(8,9)10)22(18,19)4(11,12)13/h3-17H,1-2,18-21H2;/q+1;-1. The van der Waals surface area contributed by atoms with Crippen molar-refractivity contribution in [2.75, 3.05) is 26.4 Å².